The number of halogens is 2. The minimum absolute atomic E-state index is 0.127. The molecule has 0 radical (unpaired) electrons. The minimum atomic E-state index is -0.425. The minimum Gasteiger partial charge on any atom is -0.487 e. The normalized spacial score (nSPS) is 12.2. The predicted molar refractivity (Wildman–Crippen MR) is 60.4 cm³/mol. The molecule has 0 fully saturated rings. The van der Waals surface area contributed by atoms with Gasteiger partial charge in [0.05, 0.1) is 16.5 Å². The maximum absolute atomic E-state index is 10.6. The Balaban J connectivity index is 2.76. The lowest BCUT2D eigenvalue weighted by molar-refractivity contribution is -0.119. The van der Waals surface area contributed by atoms with Crippen LogP contribution in [0.25, 0.3) is 0 Å². The van der Waals surface area contributed by atoms with Crippen LogP contribution in [0.5, 0.6) is 5.75 Å². The van der Waals surface area contributed by atoms with E-state index in [9.17, 15) is 4.79 Å². The van der Waals surface area contributed by atoms with E-state index in [1.807, 2.05) is 0 Å². The van der Waals surface area contributed by atoms with Gasteiger partial charge in [0.15, 0.2) is 5.75 Å². The Bertz CT molecular complexity index is 348. The molecule has 0 saturated carbocycles. The highest BCUT2D eigenvalue weighted by Gasteiger charge is 2.12. The molecule has 2 N–H and O–H groups in total. The van der Waals surface area contributed by atoms with E-state index in [1.54, 1.807) is 25.1 Å². The molecule has 1 rings (SSSR count). The Morgan fingerprint density at radius 2 is 2.00 bits per heavy atom. The fraction of sp³-hybridized carbons (Fsp3) is 0.300. The van der Waals surface area contributed by atoms with E-state index in [1.165, 1.54) is 0 Å². The van der Waals surface area contributed by atoms with Gasteiger partial charge in [-0.1, -0.05) is 29.3 Å². The molecule has 1 amide bonds. The van der Waals surface area contributed by atoms with Crippen molar-refractivity contribution in [1.29, 1.82) is 0 Å². The number of hydrogen-bond donors (Lipinski definition) is 1. The molecule has 1 aromatic rings. The number of rotatable bonds is 4. The van der Waals surface area contributed by atoms with Crippen LogP contribution in [0.4, 0.5) is 0 Å². The van der Waals surface area contributed by atoms with Gasteiger partial charge in [-0.15, -0.1) is 0 Å². The van der Waals surface area contributed by atoms with Crippen LogP contribution in [-0.4, -0.2) is 12.0 Å². The second kappa shape index (κ2) is 5.24. The molecular formula is C10H11Cl2NO2. The first kappa shape index (κ1) is 12.1. The summed E-state index contributed by atoms with van der Waals surface area (Å²) in [6.45, 7) is 1.73. The van der Waals surface area contributed by atoms with Gasteiger partial charge in [-0.25, -0.2) is 0 Å². The fourth-order valence-electron chi connectivity index (χ4n) is 1.12. The highest BCUT2D eigenvalue weighted by molar-refractivity contribution is 6.37. The smallest absolute Gasteiger partial charge is 0.221 e. The summed E-state index contributed by atoms with van der Waals surface area (Å²) in [5.41, 5.74) is 5.04. The number of carbonyl (C=O) groups excluding carboxylic acids is 1. The molecule has 0 aliphatic heterocycles. The van der Waals surface area contributed by atoms with Crippen LogP contribution in [0.2, 0.25) is 10.0 Å². The van der Waals surface area contributed by atoms with Crippen molar-refractivity contribution < 1.29 is 9.53 Å². The van der Waals surface area contributed by atoms with Gasteiger partial charge in [-0.3, -0.25) is 4.79 Å². The Hall–Kier alpha value is -0.930. The summed E-state index contributed by atoms with van der Waals surface area (Å²) < 4.78 is 5.42. The van der Waals surface area contributed by atoms with Crippen molar-refractivity contribution in [3.05, 3.63) is 28.2 Å². The topological polar surface area (TPSA) is 52.3 Å². The zero-order valence-electron chi connectivity index (χ0n) is 8.17. The van der Waals surface area contributed by atoms with Crippen LogP contribution in [0.3, 0.4) is 0 Å². The Morgan fingerprint density at radius 3 is 2.47 bits per heavy atom. The highest BCUT2D eigenvalue weighted by atomic mass is 35.5. The van der Waals surface area contributed by atoms with E-state index in [2.05, 4.69) is 0 Å². The van der Waals surface area contributed by atoms with Crippen LogP contribution in [-0.2, 0) is 4.79 Å². The molecule has 5 heteroatoms. The summed E-state index contributed by atoms with van der Waals surface area (Å²) in [7, 11) is 0. The van der Waals surface area contributed by atoms with Crippen molar-refractivity contribution >= 4 is 29.1 Å². The van der Waals surface area contributed by atoms with Crippen LogP contribution in [0.15, 0.2) is 18.2 Å². The molecule has 15 heavy (non-hydrogen) atoms. The van der Waals surface area contributed by atoms with Gasteiger partial charge in [0, 0.05) is 0 Å². The average Bonchev–Trinajstić information content (AvgIpc) is 2.10. The quantitative estimate of drug-likeness (QED) is 0.890. The van der Waals surface area contributed by atoms with Crippen molar-refractivity contribution in [3.8, 4) is 5.75 Å². The molecule has 1 aromatic carbocycles. The average molecular weight is 248 g/mol. The number of amides is 1. The molecular weight excluding hydrogens is 237 g/mol. The van der Waals surface area contributed by atoms with E-state index >= 15 is 0 Å². The van der Waals surface area contributed by atoms with Gasteiger partial charge in [-0.05, 0) is 19.1 Å². The number of nitrogens with two attached hydrogens (primary N) is 1. The van der Waals surface area contributed by atoms with Gasteiger partial charge in [-0.2, -0.15) is 0 Å². The summed E-state index contributed by atoms with van der Waals surface area (Å²) in [5, 5.41) is 0.831. The Labute approximate surface area is 98.1 Å². The largest absolute Gasteiger partial charge is 0.487 e. The van der Waals surface area contributed by atoms with Gasteiger partial charge in [0.2, 0.25) is 5.91 Å². The second-order valence-corrected chi connectivity index (χ2v) is 3.96. The molecule has 0 heterocycles. The molecule has 0 aromatic heterocycles. The molecule has 1 atom stereocenters. The first-order valence-electron chi connectivity index (χ1n) is 4.39. The third kappa shape index (κ3) is 3.61. The molecule has 3 nitrogen and oxygen atoms in total. The number of primary amides is 1. The third-order valence-corrected chi connectivity index (χ3v) is 2.32. The van der Waals surface area contributed by atoms with E-state index in [-0.39, 0.29) is 12.5 Å². The maximum atomic E-state index is 10.6. The summed E-state index contributed by atoms with van der Waals surface area (Å²) in [4.78, 5) is 10.6. The molecule has 0 aliphatic rings. The highest BCUT2D eigenvalue weighted by Crippen LogP contribution is 2.33. The monoisotopic (exact) mass is 247 g/mol. The third-order valence-electron chi connectivity index (χ3n) is 1.73. The Morgan fingerprint density at radius 1 is 1.47 bits per heavy atom. The van der Waals surface area contributed by atoms with Crippen LogP contribution in [0, 0.1) is 0 Å². The van der Waals surface area contributed by atoms with Gasteiger partial charge in [0.25, 0.3) is 0 Å². The lowest BCUT2D eigenvalue weighted by Gasteiger charge is -2.15. The molecule has 0 saturated heterocycles. The number of ether oxygens (including phenoxy) is 1. The predicted octanol–water partition coefficient (Wildman–Crippen LogP) is 2.64. The molecule has 0 bridgehead atoms. The summed E-state index contributed by atoms with van der Waals surface area (Å²) in [6.07, 6.45) is -0.221. The number of carbonyl (C=O) groups is 1. The summed E-state index contributed by atoms with van der Waals surface area (Å²) >= 11 is 11.8. The molecule has 0 spiro atoms. The zero-order chi connectivity index (χ0) is 11.4. The first-order valence-corrected chi connectivity index (χ1v) is 5.15. The van der Waals surface area contributed by atoms with E-state index in [0.717, 1.165) is 0 Å². The molecule has 0 aliphatic carbocycles. The fourth-order valence-corrected chi connectivity index (χ4v) is 1.61. The summed E-state index contributed by atoms with van der Waals surface area (Å²) in [5.74, 6) is -0.0414. The standard InChI is InChI=1S/C10H11Cl2NO2/c1-6(5-9(13)14)15-10-7(11)3-2-4-8(10)12/h2-4,6H,5H2,1H3,(H2,13,14). The lowest BCUT2D eigenvalue weighted by atomic mass is 10.2. The number of para-hydroxylation sites is 1. The molecule has 1 unspecified atom stereocenters. The van der Waals surface area contributed by atoms with Crippen molar-refractivity contribution in [2.75, 3.05) is 0 Å². The van der Waals surface area contributed by atoms with Crippen molar-refractivity contribution in [1.82, 2.24) is 0 Å². The van der Waals surface area contributed by atoms with Crippen LogP contribution < -0.4 is 10.5 Å². The zero-order valence-corrected chi connectivity index (χ0v) is 9.68. The SMILES string of the molecule is CC(CC(N)=O)Oc1c(Cl)cccc1Cl. The van der Waals surface area contributed by atoms with Gasteiger partial charge < -0.3 is 10.5 Å². The van der Waals surface area contributed by atoms with Crippen LogP contribution >= 0.6 is 23.2 Å². The van der Waals surface area contributed by atoms with E-state index in [0.29, 0.717) is 15.8 Å². The van der Waals surface area contributed by atoms with Crippen LogP contribution in [0.1, 0.15) is 13.3 Å². The number of benzene rings is 1. The van der Waals surface area contributed by atoms with E-state index < -0.39 is 5.91 Å². The van der Waals surface area contributed by atoms with Gasteiger partial charge in [0.1, 0.15) is 6.10 Å². The second-order valence-electron chi connectivity index (χ2n) is 3.15. The van der Waals surface area contributed by atoms with Crippen molar-refractivity contribution in [2.45, 2.75) is 19.4 Å². The Kier molecular flexibility index (Phi) is 4.24. The lowest BCUT2D eigenvalue weighted by Crippen LogP contribution is -2.22. The van der Waals surface area contributed by atoms with Gasteiger partial charge >= 0.3 is 0 Å². The maximum Gasteiger partial charge on any atom is 0.221 e. The van der Waals surface area contributed by atoms with Crippen molar-refractivity contribution in [3.63, 3.8) is 0 Å². The molecule has 82 valence electrons. The first-order chi connectivity index (χ1) is 7.00. The van der Waals surface area contributed by atoms with E-state index in [4.69, 9.17) is 33.7 Å². The number of hydrogen-bond acceptors (Lipinski definition) is 2. The van der Waals surface area contributed by atoms with Crippen molar-refractivity contribution in [2.24, 2.45) is 5.73 Å². The summed E-state index contributed by atoms with van der Waals surface area (Å²) in [6, 6.07) is 5.05.